The Hall–Kier alpha value is -1.66. The summed E-state index contributed by atoms with van der Waals surface area (Å²) in [5.41, 5.74) is 3.56. The van der Waals surface area contributed by atoms with Gasteiger partial charge in [-0.2, -0.15) is 0 Å². The third kappa shape index (κ3) is 3.15. The summed E-state index contributed by atoms with van der Waals surface area (Å²) >= 11 is 1.54. The lowest BCUT2D eigenvalue weighted by atomic mass is 10.2. The third-order valence-corrected chi connectivity index (χ3v) is 3.08. The zero-order valence-corrected chi connectivity index (χ0v) is 9.78. The highest BCUT2D eigenvalue weighted by atomic mass is 32.1. The van der Waals surface area contributed by atoms with Gasteiger partial charge in [-0.25, -0.2) is 4.98 Å². The van der Waals surface area contributed by atoms with Crippen molar-refractivity contribution in [2.75, 3.05) is 11.9 Å². The van der Waals surface area contributed by atoms with Crippen LogP contribution >= 0.6 is 11.3 Å². The number of fused-ring (bicyclic) bond motifs is 1. The van der Waals surface area contributed by atoms with E-state index in [0.29, 0.717) is 0 Å². The highest BCUT2D eigenvalue weighted by Gasteiger charge is 2.09. The summed E-state index contributed by atoms with van der Waals surface area (Å²) in [6, 6.07) is 5.67. The number of aromatic nitrogens is 1. The number of thiazole rings is 1. The average Bonchev–Trinajstić information content (AvgIpc) is 2.72. The lowest BCUT2D eigenvalue weighted by molar-refractivity contribution is -0.138. The first-order valence-electron chi connectivity index (χ1n) is 5.12. The first-order valence-corrected chi connectivity index (χ1v) is 6.00. The van der Waals surface area contributed by atoms with Crippen LogP contribution in [-0.2, 0) is 4.79 Å². The average molecular weight is 252 g/mol. The summed E-state index contributed by atoms with van der Waals surface area (Å²) in [6.45, 7) is 0.219. The molecule has 0 aliphatic rings. The molecule has 90 valence electrons. The normalized spacial score (nSPS) is 12.5. The van der Waals surface area contributed by atoms with Gasteiger partial charge in [0.2, 0.25) is 0 Å². The zero-order chi connectivity index (χ0) is 12.3. The first kappa shape index (κ1) is 11.8. The van der Waals surface area contributed by atoms with Crippen LogP contribution in [0, 0.1) is 0 Å². The minimum absolute atomic E-state index is 0.219. The molecule has 0 aliphatic carbocycles. The fraction of sp³-hybridized carbons (Fsp3) is 0.273. The van der Waals surface area contributed by atoms with Gasteiger partial charge in [0.25, 0.3) is 0 Å². The first-order chi connectivity index (χ1) is 8.15. The van der Waals surface area contributed by atoms with Crippen molar-refractivity contribution in [3.63, 3.8) is 0 Å². The molecule has 1 heterocycles. The number of benzene rings is 1. The molecule has 1 atom stereocenters. The van der Waals surface area contributed by atoms with Crippen LogP contribution < -0.4 is 5.32 Å². The number of aliphatic hydroxyl groups excluding tert-OH is 1. The van der Waals surface area contributed by atoms with Crippen LogP contribution in [0.3, 0.4) is 0 Å². The molecule has 0 amide bonds. The number of aliphatic carboxylic acids is 1. The quantitative estimate of drug-likeness (QED) is 0.752. The van der Waals surface area contributed by atoms with Crippen molar-refractivity contribution in [1.82, 2.24) is 4.98 Å². The summed E-state index contributed by atoms with van der Waals surface area (Å²) in [4.78, 5) is 14.5. The fourth-order valence-electron chi connectivity index (χ4n) is 1.47. The van der Waals surface area contributed by atoms with Crippen LogP contribution in [0.25, 0.3) is 10.2 Å². The van der Waals surface area contributed by atoms with Crippen molar-refractivity contribution in [3.8, 4) is 0 Å². The molecule has 1 aromatic heterocycles. The SMILES string of the molecule is O=C(O)CC(O)CNc1ccc2ncsc2c1. The van der Waals surface area contributed by atoms with Crippen molar-refractivity contribution < 1.29 is 15.0 Å². The predicted octanol–water partition coefficient (Wildman–Crippen LogP) is 1.54. The fourth-order valence-corrected chi connectivity index (χ4v) is 2.19. The van der Waals surface area contributed by atoms with E-state index in [0.717, 1.165) is 15.9 Å². The van der Waals surface area contributed by atoms with Crippen molar-refractivity contribution >= 4 is 33.2 Å². The smallest absolute Gasteiger partial charge is 0.306 e. The maximum atomic E-state index is 10.4. The minimum atomic E-state index is -1.00. The van der Waals surface area contributed by atoms with Crippen LogP contribution in [0.4, 0.5) is 5.69 Å². The summed E-state index contributed by atoms with van der Waals surface area (Å²) in [5, 5.41) is 20.9. The topological polar surface area (TPSA) is 82.5 Å². The maximum absolute atomic E-state index is 10.4. The lowest BCUT2D eigenvalue weighted by Gasteiger charge is -2.10. The van der Waals surface area contributed by atoms with Crippen LogP contribution in [-0.4, -0.2) is 33.8 Å². The van der Waals surface area contributed by atoms with Crippen LogP contribution in [0.15, 0.2) is 23.7 Å². The largest absolute Gasteiger partial charge is 0.481 e. The Morgan fingerprint density at radius 1 is 1.53 bits per heavy atom. The second-order valence-electron chi connectivity index (χ2n) is 3.67. The Balaban J connectivity index is 1.96. The number of nitrogens with zero attached hydrogens (tertiary/aromatic N) is 1. The number of carboxylic acids is 1. The molecule has 0 radical (unpaired) electrons. The Morgan fingerprint density at radius 2 is 2.35 bits per heavy atom. The molecule has 17 heavy (non-hydrogen) atoms. The zero-order valence-electron chi connectivity index (χ0n) is 8.96. The molecule has 0 saturated carbocycles. The van der Waals surface area contributed by atoms with Gasteiger partial charge in [-0.3, -0.25) is 4.79 Å². The van der Waals surface area contributed by atoms with E-state index in [-0.39, 0.29) is 13.0 Å². The molecule has 0 fully saturated rings. The van der Waals surface area contributed by atoms with Gasteiger partial charge in [0.05, 0.1) is 28.3 Å². The summed E-state index contributed by atoms with van der Waals surface area (Å²) in [5.74, 6) is -1.00. The number of hydrogen-bond donors (Lipinski definition) is 3. The number of carbonyl (C=O) groups is 1. The molecule has 0 aliphatic heterocycles. The Bertz CT molecular complexity index is 526. The second kappa shape index (κ2) is 5.11. The third-order valence-electron chi connectivity index (χ3n) is 2.28. The minimum Gasteiger partial charge on any atom is -0.481 e. The van der Waals surface area contributed by atoms with Crippen molar-refractivity contribution in [2.45, 2.75) is 12.5 Å². The van der Waals surface area contributed by atoms with Gasteiger partial charge in [0.15, 0.2) is 0 Å². The van der Waals surface area contributed by atoms with Crippen molar-refractivity contribution in [2.24, 2.45) is 0 Å². The van der Waals surface area contributed by atoms with E-state index in [9.17, 15) is 9.90 Å². The van der Waals surface area contributed by atoms with E-state index in [2.05, 4.69) is 10.3 Å². The van der Waals surface area contributed by atoms with Crippen LogP contribution in [0.2, 0.25) is 0 Å². The van der Waals surface area contributed by atoms with Gasteiger partial charge in [0, 0.05) is 12.2 Å². The molecular weight excluding hydrogens is 240 g/mol. The van der Waals surface area contributed by atoms with Gasteiger partial charge in [-0.05, 0) is 18.2 Å². The molecular formula is C11H12N2O3S. The van der Waals surface area contributed by atoms with E-state index in [1.165, 1.54) is 11.3 Å². The standard InChI is InChI=1S/C11H12N2O3S/c14-8(4-11(15)16)5-12-7-1-2-9-10(3-7)17-6-13-9/h1-3,6,8,12,14H,4-5H2,(H,15,16). The molecule has 2 aromatic rings. The number of aliphatic hydroxyl groups is 1. The Labute approximate surface area is 102 Å². The molecule has 0 bridgehead atoms. The molecule has 1 aromatic carbocycles. The second-order valence-corrected chi connectivity index (χ2v) is 4.55. The Kier molecular flexibility index (Phi) is 3.55. The van der Waals surface area contributed by atoms with E-state index in [1.807, 2.05) is 18.2 Å². The monoisotopic (exact) mass is 252 g/mol. The van der Waals surface area contributed by atoms with Crippen LogP contribution in [0.5, 0.6) is 0 Å². The van der Waals surface area contributed by atoms with Gasteiger partial charge in [0.1, 0.15) is 0 Å². The van der Waals surface area contributed by atoms with Crippen molar-refractivity contribution in [3.05, 3.63) is 23.7 Å². The molecule has 2 rings (SSSR count). The predicted molar refractivity (Wildman–Crippen MR) is 66.4 cm³/mol. The maximum Gasteiger partial charge on any atom is 0.306 e. The molecule has 1 unspecified atom stereocenters. The molecule has 0 saturated heterocycles. The number of anilines is 1. The number of hydrogen-bond acceptors (Lipinski definition) is 5. The summed E-state index contributed by atoms with van der Waals surface area (Å²) in [6.07, 6.45) is -1.14. The number of carboxylic acid groups (broad SMARTS) is 1. The Morgan fingerprint density at radius 3 is 3.12 bits per heavy atom. The molecule has 0 spiro atoms. The number of rotatable bonds is 5. The van der Waals surface area contributed by atoms with E-state index >= 15 is 0 Å². The molecule has 3 N–H and O–H groups in total. The summed E-state index contributed by atoms with van der Waals surface area (Å²) in [7, 11) is 0. The highest BCUT2D eigenvalue weighted by molar-refractivity contribution is 7.16. The van der Waals surface area contributed by atoms with E-state index < -0.39 is 12.1 Å². The highest BCUT2D eigenvalue weighted by Crippen LogP contribution is 2.21. The number of nitrogens with one attached hydrogen (secondary N) is 1. The summed E-state index contributed by atoms with van der Waals surface area (Å²) < 4.78 is 1.06. The van der Waals surface area contributed by atoms with Gasteiger partial charge < -0.3 is 15.5 Å². The lowest BCUT2D eigenvalue weighted by Crippen LogP contribution is -2.22. The van der Waals surface area contributed by atoms with Gasteiger partial charge >= 0.3 is 5.97 Å². The van der Waals surface area contributed by atoms with Crippen molar-refractivity contribution in [1.29, 1.82) is 0 Å². The van der Waals surface area contributed by atoms with Gasteiger partial charge in [-0.15, -0.1) is 11.3 Å². The molecule has 6 heteroatoms. The van der Waals surface area contributed by atoms with E-state index in [1.54, 1.807) is 5.51 Å². The van der Waals surface area contributed by atoms with Gasteiger partial charge in [-0.1, -0.05) is 0 Å². The van der Waals surface area contributed by atoms with E-state index in [4.69, 9.17) is 5.11 Å². The molecule has 5 nitrogen and oxygen atoms in total. The van der Waals surface area contributed by atoms with Crippen LogP contribution in [0.1, 0.15) is 6.42 Å².